The summed E-state index contributed by atoms with van der Waals surface area (Å²) in [4.78, 5) is 14.6. The second-order valence-corrected chi connectivity index (χ2v) is 5.64. The first-order chi connectivity index (χ1) is 7.08. The van der Waals surface area contributed by atoms with Crippen molar-refractivity contribution in [2.24, 2.45) is 11.8 Å². The molecule has 2 fully saturated rings. The lowest BCUT2D eigenvalue weighted by atomic mass is 9.70. The highest BCUT2D eigenvalue weighted by Gasteiger charge is 2.50. The van der Waals surface area contributed by atoms with Gasteiger partial charge >= 0.3 is 0 Å². The summed E-state index contributed by atoms with van der Waals surface area (Å²) >= 11 is 0. The van der Waals surface area contributed by atoms with Gasteiger partial charge in [0.05, 0.1) is 5.54 Å². The Morgan fingerprint density at radius 2 is 1.93 bits per heavy atom. The smallest absolute Gasteiger partial charge is 0.154 e. The predicted octanol–water partition coefficient (Wildman–Crippen LogP) is 2.48. The van der Waals surface area contributed by atoms with Gasteiger partial charge in [-0.3, -0.25) is 9.69 Å². The van der Waals surface area contributed by atoms with E-state index in [0.717, 1.165) is 32.4 Å². The van der Waals surface area contributed by atoms with E-state index in [0.29, 0.717) is 17.6 Å². The lowest BCUT2D eigenvalue weighted by Crippen LogP contribution is -2.52. The van der Waals surface area contributed by atoms with Gasteiger partial charge in [0.2, 0.25) is 0 Å². The van der Waals surface area contributed by atoms with E-state index in [1.165, 1.54) is 6.42 Å². The third-order valence-electron chi connectivity index (χ3n) is 4.29. The molecule has 1 saturated carbocycles. The molecule has 2 unspecified atom stereocenters. The van der Waals surface area contributed by atoms with Gasteiger partial charge < -0.3 is 0 Å². The van der Waals surface area contributed by atoms with E-state index in [1.54, 1.807) is 0 Å². The molecule has 1 aliphatic heterocycles. The predicted molar refractivity (Wildman–Crippen MR) is 61.8 cm³/mol. The van der Waals surface area contributed by atoms with E-state index in [1.807, 2.05) is 0 Å². The second-order valence-electron chi connectivity index (χ2n) is 5.64. The zero-order valence-electron chi connectivity index (χ0n) is 10.3. The van der Waals surface area contributed by atoms with Crippen molar-refractivity contribution in [3.8, 4) is 0 Å². The Bertz CT molecular complexity index is 251. The fourth-order valence-corrected chi connectivity index (χ4v) is 3.90. The van der Waals surface area contributed by atoms with Gasteiger partial charge in [-0.1, -0.05) is 20.8 Å². The molecule has 0 aromatic rings. The largest absolute Gasteiger partial charge is 0.298 e. The van der Waals surface area contributed by atoms with Crippen LogP contribution in [0.15, 0.2) is 0 Å². The minimum atomic E-state index is -0.0637. The van der Waals surface area contributed by atoms with Crippen molar-refractivity contribution >= 4 is 5.78 Å². The normalized spacial score (nSPS) is 42.7. The maximum atomic E-state index is 12.2. The van der Waals surface area contributed by atoms with Crippen LogP contribution in [0.25, 0.3) is 0 Å². The Labute approximate surface area is 93.0 Å². The minimum Gasteiger partial charge on any atom is -0.298 e. The van der Waals surface area contributed by atoms with Crippen molar-refractivity contribution in [2.45, 2.75) is 52.0 Å². The molecule has 0 bridgehead atoms. The topological polar surface area (TPSA) is 20.3 Å². The zero-order chi connectivity index (χ0) is 11.1. The summed E-state index contributed by atoms with van der Waals surface area (Å²) in [5, 5.41) is 0. The van der Waals surface area contributed by atoms with Gasteiger partial charge in [0.1, 0.15) is 0 Å². The fourth-order valence-electron chi connectivity index (χ4n) is 3.90. The summed E-state index contributed by atoms with van der Waals surface area (Å²) in [7, 11) is 0. The van der Waals surface area contributed by atoms with E-state index in [4.69, 9.17) is 0 Å². The standard InChI is InChI=1S/C13H23NO/c1-4-14-6-5-12(15)13(14)8-10(2)7-11(3)9-13/h10-11H,4-9H2,1-3H3. The molecule has 1 heterocycles. The molecule has 1 spiro atoms. The number of hydrogen-bond donors (Lipinski definition) is 0. The first kappa shape index (κ1) is 11.1. The van der Waals surface area contributed by atoms with Gasteiger partial charge in [-0.15, -0.1) is 0 Å². The van der Waals surface area contributed by atoms with Gasteiger partial charge in [-0.25, -0.2) is 0 Å². The number of ketones is 1. The number of carbonyl (C=O) groups excluding carboxylic acids is 1. The van der Waals surface area contributed by atoms with Gasteiger partial charge in [-0.05, 0) is 37.6 Å². The molecular weight excluding hydrogens is 186 g/mol. The van der Waals surface area contributed by atoms with E-state index in [-0.39, 0.29) is 5.54 Å². The number of Topliss-reactive ketones (excluding diaryl/α,β-unsaturated/α-hetero) is 1. The van der Waals surface area contributed by atoms with Crippen LogP contribution in [-0.4, -0.2) is 29.3 Å². The van der Waals surface area contributed by atoms with Crippen molar-refractivity contribution in [3.05, 3.63) is 0 Å². The Balaban J connectivity index is 2.25. The summed E-state index contributed by atoms with van der Waals surface area (Å²) < 4.78 is 0. The highest BCUT2D eigenvalue weighted by molar-refractivity contribution is 5.90. The Morgan fingerprint density at radius 3 is 2.47 bits per heavy atom. The molecule has 2 heteroatoms. The molecule has 0 amide bonds. The third kappa shape index (κ3) is 1.73. The lowest BCUT2D eigenvalue weighted by molar-refractivity contribution is -0.128. The number of carbonyl (C=O) groups is 1. The van der Waals surface area contributed by atoms with Crippen molar-refractivity contribution in [2.75, 3.05) is 13.1 Å². The number of hydrogen-bond acceptors (Lipinski definition) is 2. The average molecular weight is 209 g/mol. The van der Waals surface area contributed by atoms with E-state index in [9.17, 15) is 4.79 Å². The summed E-state index contributed by atoms with van der Waals surface area (Å²) in [6, 6.07) is 0. The molecule has 0 aromatic heterocycles. The van der Waals surface area contributed by atoms with Crippen molar-refractivity contribution in [1.29, 1.82) is 0 Å². The van der Waals surface area contributed by atoms with E-state index >= 15 is 0 Å². The molecule has 15 heavy (non-hydrogen) atoms. The third-order valence-corrected chi connectivity index (χ3v) is 4.29. The van der Waals surface area contributed by atoms with Crippen LogP contribution < -0.4 is 0 Å². The van der Waals surface area contributed by atoms with Crippen molar-refractivity contribution in [1.82, 2.24) is 4.90 Å². The Morgan fingerprint density at radius 1 is 1.33 bits per heavy atom. The second kappa shape index (κ2) is 3.89. The van der Waals surface area contributed by atoms with Crippen LogP contribution in [0, 0.1) is 11.8 Å². The monoisotopic (exact) mass is 209 g/mol. The molecule has 2 nitrogen and oxygen atoms in total. The Hall–Kier alpha value is -0.370. The molecule has 2 atom stereocenters. The molecule has 0 aromatic carbocycles. The number of likely N-dealkylation sites (N-methyl/N-ethyl adjacent to an activating group) is 1. The quantitative estimate of drug-likeness (QED) is 0.661. The van der Waals surface area contributed by atoms with Crippen molar-refractivity contribution < 1.29 is 4.79 Å². The van der Waals surface area contributed by atoms with Gasteiger partial charge in [-0.2, -0.15) is 0 Å². The maximum absolute atomic E-state index is 12.2. The summed E-state index contributed by atoms with van der Waals surface area (Å²) in [5.74, 6) is 1.94. The molecule has 2 rings (SSSR count). The SMILES string of the molecule is CCN1CCC(=O)C12CC(C)CC(C)C2. The zero-order valence-corrected chi connectivity index (χ0v) is 10.3. The van der Waals surface area contributed by atoms with Crippen LogP contribution in [0.1, 0.15) is 46.5 Å². The Kier molecular flexibility index (Phi) is 2.89. The lowest BCUT2D eigenvalue weighted by Gasteiger charge is -2.44. The summed E-state index contributed by atoms with van der Waals surface area (Å²) in [6.07, 6.45) is 4.29. The van der Waals surface area contributed by atoms with E-state index in [2.05, 4.69) is 25.7 Å². The molecule has 86 valence electrons. The van der Waals surface area contributed by atoms with Crippen LogP contribution in [0.5, 0.6) is 0 Å². The van der Waals surface area contributed by atoms with Crippen LogP contribution in [0.4, 0.5) is 0 Å². The summed E-state index contributed by atoms with van der Waals surface area (Å²) in [5.41, 5.74) is -0.0637. The van der Waals surface area contributed by atoms with Crippen molar-refractivity contribution in [3.63, 3.8) is 0 Å². The molecule has 1 aliphatic carbocycles. The van der Waals surface area contributed by atoms with Crippen LogP contribution in [0.3, 0.4) is 0 Å². The summed E-state index contributed by atoms with van der Waals surface area (Å²) in [6.45, 7) is 8.82. The molecular formula is C13H23NO. The van der Waals surface area contributed by atoms with E-state index < -0.39 is 0 Å². The average Bonchev–Trinajstić information content (AvgIpc) is 2.42. The molecule has 0 N–H and O–H groups in total. The fraction of sp³-hybridized carbons (Fsp3) is 0.923. The number of rotatable bonds is 1. The minimum absolute atomic E-state index is 0.0637. The molecule has 0 radical (unpaired) electrons. The first-order valence-corrected chi connectivity index (χ1v) is 6.37. The van der Waals surface area contributed by atoms with Gasteiger partial charge in [0.15, 0.2) is 5.78 Å². The molecule has 2 aliphatic rings. The number of nitrogens with zero attached hydrogens (tertiary/aromatic N) is 1. The van der Waals surface area contributed by atoms with Crippen LogP contribution >= 0.6 is 0 Å². The number of likely N-dealkylation sites (tertiary alicyclic amines) is 1. The maximum Gasteiger partial charge on any atom is 0.154 e. The van der Waals surface area contributed by atoms with Gasteiger partial charge in [0, 0.05) is 13.0 Å². The van der Waals surface area contributed by atoms with Crippen LogP contribution in [-0.2, 0) is 4.79 Å². The molecule has 1 saturated heterocycles. The van der Waals surface area contributed by atoms with Crippen LogP contribution in [0.2, 0.25) is 0 Å². The first-order valence-electron chi connectivity index (χ1n) is 6.37. The highest BCUT2D eigenvalue weighted by atomic mass is 16.1. The van der Waals surface area contributed by atoms with Gasteiger partial charge in [0.25, 0.3) is 0 Å². The highest BCUT2D eigenvalue weighted by Crippen LogP contribution is 2.43.